The molecule has 1 aromatic rings. The van der Waals surface area contributed by atoms with Gasteiger partial charge in [0.05, 0.1) is 25.4 Å². The fourth-order valence-corrected chi connectivity index (χ4v) is 4.15. The van der Waals surface area contributed by atoms with Crippen LogP contribution in [0.1, 0.15) is 76.7 Å². The second kappa shape index (κ2) is 13.5. The van der Waals surface area contributed by atoms with Gasteiger partial charge in [-0.1, -0.05) is 70.4 Å². The Balaban J connectivity index is 1.53. The molecule has 0 bridgehead atoms. The average Bonchev–Trinajstić information content (AvgIpc) is 2.71. The highest BCUT2D eigenvalue weighted by Gasteiger charge is 2.33. The first kappa shape index (κ1) is 23.6. The number of hydrogen-bond acceptors (Lipinski definition) is 5. The largest absolute Gasteiger partial charge is 0.494 e. The number of unbranched alkanes of at least 4 members (excludes halogenated alkanes) is 8. The minimum absolute atomic E-state index is 0.342. The molecule has 0 saturated carbocycles. The maximum Gasteiger partial charge on any atom is 0.329 e. The van der Waals surface area contributed by atoms with E-state index in [1.165, 1.54) is 56.9 Å². The van der Waals surface area contributed by atoms with Gasteiger partial charge in [0.25, 0.3) is 0 Å². The number of aryl methyl sites for hydroxylation is 1. The van der Waals surface area contributed by atoms with Crippen LogP contribution in [0.5, 0.6) is 5.75 Å². The molecule has 1 saturated heterocycles. The van der Waals surface area contributed by atoms with E-state index in [9.17, 15) is 4.89 Å². The summed E-state index contributed by atoms with van der Waals surface area (Å²) in [5.41, 5.74) is 6.97. The Morgan fingerprint density at radius 1 is 0.964 bits per heavy atom. The van der Waals surface area contributed by atoms with Crippen LogP contribution in [0, 0.1) is 0 Å². The van der Waals surface area contributed by atoms with Gasteiger partial charge in [-0.25, -0.2) is 0 Å². The Morgan fingerprint density at radius 3 is 2.14 bits per heavy atom. The molecule has 1 heterocycles. The monoisotopic (exact) mass is 411 g/mol. The predicted molar refractivity (Wildman–Crippen MR) is 115 cm³/mol. The molecule has 28 heavy (non-hydrogen) atoms. The molecule has 0 spiro atoms. The molecular formula is C22H38NO4P. The Labute approximate surface area is 171 Å². The van der Waals surface area contributed by atoms with E-state index in [0.29, 0.717) is 13.2 Å². The Bertz CT molecular complexity index is 518. The number of ether oxygens (including phenoxy) is 1. The molecular weight excluding hydrogens is 373 g/mol. The van der Waals surface area contributed by atoms with Crippen LogP contribution >= 0.6 is 8.60 Å². The van der Waals surface area contributed by atoms with Crippen LogP contribution in [0.15, 0.2) is 24.3 Å². The molecule has 0 unspecified atom stereocenters. The Hall–Kier alpha value is -0.710. The lowest BCUT2D eigenvalue weighted by Crippen LogP contribution is -2.50. The van der Waals surface area contributed by atoms with Gasteiger partial charge in [-0.2, -0.15) is 0 Å². The Morgan fingerprint density at radius 2 is 1.54 bits per heavy atom. The molecule has 0 amide bonds. The molecule has 1 fully saturated rings. The van der Waals surface area contributed by atoms with E-state index >= 15 is 0 Å². The summed E-state index contributed by atoms with van der Waals surface area (Å²) < 4.78 is 16.2. The highest BCUT2D eigenvalue weighted by molar-refractivity contribution is 7.40. The molecule has 1 aliphatic heterocycles. The number of hydrogen-bond donors (Lipinski definition) is 2. The van der Waals surface area contributed by atoms with Crippen LogP contribution in [0.25, 0.3) is 0 Å². The highest BCUT2D eigenvalue weighted by Crippen LogP contribution is 2.39. The van der Waals surface area contributed by atoms with Crippen LogP contribution in [-0.4, -0.2) is 30.3 Å². The average molecular weight is 412 g/mol. The second-order valence-electron chi connectivity index (χ2n) is 7.97. The van der Waals surface area contributed by atoms with E-state index in [0.717, 1.165) is 31.6 Å². The van der Waals surface area contributed by atoms with Crippen molar-refractivity contribution in [1.29, 1.82) is 0 Å². The van der Waals surface area contributed by atoms with Crippen LogP contribution < -0.4 is 10.5 Å². The molecule has 3 N–H and O–H groups in total. The standard InChI is InChI=1S/C22H38NO4P/c1-2-3-4-5-6-7-8-9-10-17-25-21-13-11-20(12-14-21)15-16-22(23)18-26-28(24)27-19-22/h11-14,24H,2-10,15-19,23H2,1H3. The number of rotatable bonds is 14. The minimum atomic E-state index is -1.73. The number of nitrogens with two attached hydrogens (primary N) is 1. The molecule has 1 aromatic carbocycles. The van der Waals surface area contributed by atoms with Crippen LogP contribution in [0.2, 0.25) is 0 Å². The van der Waals surface area contributed by atoms with Gasteiger partial charge in [0, 0.05) is 0 Å². The van der Waals surface area contributed by atoms with Gasteiger partial charge < -0.3 is 24.4 Å². The van der Waals surface area contributed by atoms with Crippen LogP contribution in [0.4, 0.5) is 0 Å². The maximum absolute atomic E-state index is 9.28. The van der Waals surface area contributed by atoms with Gasteiger partial charge in [0.15, 0.2) is 0 Å². The molecule has 0 aromatic heterocycles. The molecule has 0 atom stereocenters. The molecule has 5 nitrogen and oxygen atoms in total. The fraction of sp³-hybridized carbons (Fsp3) is 0.727. The Kier molecular flexibility index (Phi) is 11.4. The summed E-state index contributed by atoms with van der Waals surface area (Å²) in [6.45, 7) is 3.74. The molecule has 2 rings (SSSR count). The number of benzene rings is 1. The molecule has 0 aliphatic carbocycles. The van der Waals surface area contributed by atoms with Crippen molar-refractivity contribution in [1.82, 2.24) is 0 Å². The summed E-state index contributed by atoms with van der Waals surface area (Å²) in [5, 5.41) is 0. The summed E-state index contributed by atoms with van der Waals surface area (Å²) in [6, 6.07) is 8.26. The smallest absolute Gasteiger partial charge is 0.329 e. The zero-order valence-corrected chi connectivity index (χ0v) is 18.3. The van der Waals surface area contributed by atoms with Crippen LogP contribution in [-0.2, 0) is 15.5 Å². The van der Waals surface area contributed by atoms with E-state index in [-0.39, 0.29) is 0 Å². The van der Waals surface area contributed by atoms with Crippen molar-refractivity contribution in [2.24, 2.45) is 5.73 Å². The van der Waals surface area contributed by atoms with Crippen molar-refractivity contribution in [3.63, 3.8) is 0 Å². The summed E-state index contributed by atoms with van der Waals surface area (Å²) in [7, 11) is -1.73. The maximum atomic E-state index is 9.28. The SMILES string of the molecule is CCCCCCCCCCCOc1ccc(CCC2(N)COP(O)OC2)cc1. The summed E-state index contributed by atoms with van der Waals surface area (Å²) in [5.74, 6) is 0.932. The first-order valence-electron chi connectivity index (χ1n) is 10.9. The lowest BCUT2D eigenvalue weighted by atomic mass is 9.94. The first-order valence-corrected chi connectivity index (χ1v) is 12.0. The van der Waals surface area contributed by atoms with Crippen molar-refractivity contribution in [2.75, 3.05) is 19.8 Å². The second-order valence-corrected chi connectivity index (χ2v) is 8.96. The van der Waals surface area contributed by atoms with Gasteiger partial charge in [0.2, 0.25) is 0 Å². The highest BCUT2D eigenvalue weighted by atomic mass is 31.2. The minimum Gasteiger partial charge on any atom is -0.494 e. The third kappa shape index (κ3) is 9.67. The summed E-state index contributed by atoms with van der Waals surface area (Å²) in [4.78, 5) is 9.28. The molecule has 0 radical (unpaired) electrons. The zero-order chi connectivity index (χ0) is 20.1. The van der Waals surface area contributed by atoms with Gasteiger partial charge in [-0.05, 0) is 37.0 Å². The van der Waals surface area contributed by atoms with Crippen LogP contribution in [0.3, 0.4) is 0 Å². The quantitative estimate of drug-likeness (QED) is 0.313. The van der Waals surface area contributed by atoms with Crippen molar-refractivity contribution in [3.05, 3.63) is 29.8 Å². The van der Waals surface area contributed by atoms with Gasteiger partial charge in [0.1, 0.15) is 5.75 Å². The fourth-order valence-electron chi connectivity index (χ4n) is 3.34. The summed E-state index contributed by atoms with van der Waals surface area (Å²) in [6.07, 6.45) is 13.5. The first-order chi connectivity index (χ1) is 13.6. The van der Waals surface area contributed by atoms with E-state index in [1.54, 1.807) is 0 Å². The molecule has 1 aliphatic rings. The normalized spacial score (nSPS) is 22.3. The van der Waals surface area contributed by atoms with Gasteiger partial charge in [-0.3, -0.25) is 0 Å². The third-order valence-electron chi connectivity index (χ3n) is 5.28. The lowest BCUT2D eigenvalue weighted by Gasteiger charge is -2.34. The third-order valence-corrected chi connectivity index (χ3v) is 5.98. The molecule has 6 heteroatoms. The lowest BCUT2D eigenvalue weighted by molar-refractivity contribution is 0.0648. The predicted octanol–water partition coefficient (Wildman–Crippen LogP) is 5.49. The van der Waals surface area contributed by atoms with E-state index in [2.05, 4.69) is 19.1 Å². The zero-order valence-electron chi connectivity index (χ0n) is 17.4. The topological polar surface area (TPSA) is 73.9 Å². The molecule has 160 valence electrons. The van der Waals surface area contributed by atoms with Gasteiger partial charge >= 0.3 is 8.60 Å². The van der Waals surface area contributed by atoms with Crippen molar-refractivity contribution >= 4 is 8.60 Å². The van der Waals surface area contributed by atoms with Crippen molar-refractivity contribution in [3.8, 4) is 5.75 Å². The van der Waals surface area contributed by atoms with E-state index < -0.39 is 14.1 Å². The van der Waals surface area contributed by atoms with Crippen molar-refractivity contribution in [2.45, 2.75) is 83.1 Å². The van der Waals surface area contributed by atoms with E-state index in [1.807, 2.05) is 12.1 Å². The van der Waals surface area contributed by atoms with E-state index in [4.69, 9.17) is 19.5 Å². The van der Waals surface area contributed by atoms with Gasteiger partial charge in [-0.15, -0.1) is 0 Å². The van der Waals surface area contributed by atoms with Crippen molar-refractivity contribution < 1.29 is 18.7 Å². The summed E-state index contributed by atoms with van der Waals surface area (Å²) >= 11 is 0.